The van der Waals surface area contributed by atoms with Gasteiger partial charge in [0.2, 0.25) is 17.7 Å². The van der Waals surface area contributed by atoms with E-state index >= 15 is 0 Å². The molecular weight excluding hydrogens is 1780 g/mol. The van der Waals surface area contributed by atoms with E-state index in [4.69, 9.17) is 51.1 Å². The van der Waals surface area contributed by atoms with E-state index in [0.717, 1.165) is 100 Å². The third-order valence-corrected chi connectivity index (χ3v) is 21.4. The smallest absolute Gasteiger partial charge is 0.248 e. The Balaban J connectivity index is 0.000000160. The predicted octanol–water partition coefficient (Wildman–Crippen LogP) is 21.9. The molecule has 11 N–H and O–H groups in total. The Morgan fingerprint density at radius 3 is 0.910 bits per heavy atom. The van der Waals surface area contributed by atoms with Crippen LogP contribution in [0.3, 0.4) is 0 Å². The molecule has 3 amide bonds. The van der Waals surface area contributed by atoms with Gasteiger partial charge in [-0.3, -0.25) is 34.0 Å². The molecule has 133 heavy (non-hydrogen) atoms. The van der Waals surface area contributed by atoms with Crippen molar-refractivity contribution in [2.45, 2.75) is 71.9 Å². The SMILES string of the molecule is CC(C)N(CC#Cc1cccc(Nc2cc(Nc3ccc(F)c(Cl)c3)ncn2)c1)C(C)C.O=C(/C=C/CN1CCCC1)Nc1cccc(Nc2cc(Nc3ccc(F)c(Cl)c3)ncn2)c1.O=C(/C=C/CN1CCCCC1)Nc1cccc(Nc2cc(Nc3ccc(F)c(Cl)c3)ncn2)c1.O=C(/C=C/CN1CCOCC1)Nc1cccc(Nc2cc(Nc3ccc(F)c(Cl)c3)ncn2)c1. The molecule has 3 saturated heterocycles. The Bertz CT molecular complexity index is 5860. The van der Waals surface area contributed by atoms with Gasteiger partial charge in [-0.25, -0.2) is 57.4 Å². The number of aromatic nitrogens is 8. The fraction of sp³-hybridized carbons (Fsp3) is 0.235. The van der Waals surface area contributed by atoms with Crippen LogP contribution in [0.4, 0.5) is 127 Å². The van der Waals surface area contributed by atoms with E-state index < -0.39 is 23.3 Å². The van der Waals surface area contributed by atoms with Gasteiger partial charge in [-0.05, 0) is 225 Å². The van der Waals surface area contributed by atoms with Crippen molar-refractivity contribution in [1.29, 1.82) is 0 Å². The highest BCUT2D eigenvalue weighted by atomic mass is 35.5. The van der Waals surface area contributed by atoms with Gasteiger partial charge in [0.25, 0.3) is 0 Å². The Kier molecular flexibility index (Phi) is 37.9. The van der Waals surface area contributed by atoms with Gasteiger partial charge < -0.3 is 63.2 Å². The van der Waals surface area contributed by atoms with Crippen LogP contribution in [0.1, 0.15) is 65.4 Å². The Labute approximate surface area is 790 Å². The summed E-state index contributed by atoms with van der Waals surface area (Å²) in [7, 11) is 0. The molecule has 8 aromatic carbocycles. The summed E-state index contributed by atoms with van der Waals surface area (Å²) < 4.78 is 58.8. The number of carbonyl (C=O) groups is 3. The van der Waals surface area contributed by atoms with Gasteiger partial charge in [0, 0.05) is 155 Å². The lowest BCUT2D eigenvalue weighted by Crippen LogP contribution is -2.37. The normalized spacial score (nSPS) is 13.3. The summed E-state index contributed by atoms with van der Waals surface area (Å²) in [6.07, 6.45) is 22.2. The van der Waals surface area contributed by atoms with Crippen molar-refractivity contribution in [3.8, 4) is 11.8 Å². The van der Waals surface area contributed by atoms with Crippen LogP contribution in [-0.2, 0) is 19.1 Å². The van der Waals surface area contributed by atoms with Crippen molar-refractivity contribution in [2.24, 2.45) is 0 Å². The first-order chi connectivity index (χ1) is 64.5. The van der Waals surface area contributed by atoms with Crippen LogP contribution in [0.25, 0.3) is 0 Å². The molecule has 27 nitrogen and oxygen atoms in total. The molecule has 3 aliphatic heterocycles. The molecule has 3 aliphatic rings. The molecule has 35 heteroatoms. The summed E-state index contributed by atoms with van der Waals surface area (Å²) in [5, 5.41) is 33.9. The van der Waals surface area contributed by atoms with Gasteiger partial charge in [-0.2, -0.15) is 0 Å². The molecule has 3 fully saturated rings. The highest BCUT2D eigenvalue weighted by molar-refractivity contribution is 6.32. The van der Waals surface area contributed by atoms with E-state index in [2.05, 4.69) is 157 Å². The van der Waals surface area contributed by atoms with Crippen molar-refractivity contribution < 1.29 is 36.7 Å². The maximum Gasteiger partial charge on any atom is 0.248 e. The number of nitrogens with one attached hydrogen (secondary N) is 11. The monoisotopic (exact) mass is 1880 g/mol. The van der Waals surface area contributed by atoms with Gasteiger partial charge in [-0.1, -0.05) is 107 Å². The number of hydrogen-bond acceptors (Lipinski definition) is 24. The molecule has 0 bridgehead atoms. The quantitative estimate of drug-likeness (QED) is 0.0109. The third-order valence-electron chi connectivity index (χ3n) is 20.2. The average molecular weight is 1880 g/mol. The van der Waals surface area contributed by atoms with Gasteiger partial charge in [-0.15, -0.1) is 0 Å². The number of morpholine rings is 1. The van der Waals surface area contributed by atoms with E-state index in [9.17, 15) is 31.9 Å². The van der Waals surface area contributed by atoms with Crippen molar-refractivity contribution in [3.05, 3.63) is 305 Å². The topological polar surface area (TPSA) is 309 Å². The molecule has 0 aliphatic carbocycles. The van der Waals surface area contributed by atoms with Crippen molar-refractivity contribution >= 4 is 173 Å². The Hall–Kier alpha value is -13.7. The summed E-state index contributed by atoms with van der Waals surface area (Å²) in [6, 6.07) is 55.1. The summed E-state index contributed by atoms with van der Waals surface area (Å²) in [5.74, 6) is 8.43. The van der Waals surface area contributed by atoms with Crippen LogP contribution in [0.5, 0.6) is 0 Å². The van der Waals surface area contributed by atoms with Gasteiger partial charge >= 0.3 is 0 Å². The first-order valence-corrected chi connectivity index (χ1v) is 44.5. The van der Waals surface area contributed by atoms with E-state index in [1.165, 1.54) is 106 Å². The van der Waals surface area contributed by atoms with Crippen LogP contribution in [0, 0.1) is 35.1 Å². The second-order valence-corrected chi connectivity index (χ2v) is 32.7. The maximum absolute atomic E-state index is 13.4. The number of nitrogens with zero attached hydrogens (tertiary/aromatic N) is 12. The number of anilines is 19. The molecule has 4 aromatic heterocycles. The van der Waals surface area contributed by atoms with Crippen LogP contribution < -0.4 is 58.5 Å². The molecule has 0 atom stereocenters. The number of rotatable bonds is 31. The van der Waals surface area contributed by atoms with Gasteiger partial charge in [0.05, 0.1) is 39.8 Å². The summed E-state index contributed by atoms with van der Waals surface area (Å²) >= 11 is 23.3. The van der Waals surface area contributed by atoms with Crippen molar-refractivity contribution in [2.75, 3.05) is 137 Å². The number of amides is 3. The molecule has 688 valence electrons. The zero-order valence-electron chi connectivity index (χ0n) is 73.4. The Morgan fingerprint density at radius 1 is 0.353 bits per heavy atom. The van der Waals surface area contributed by atoms with Crippen molar-refractivity contribution in [3.63, 3.8) is 0 Å². The van der Waals surface area contributed by atoms with Crippen LogP contribution in [0.2, 0.25) is 20.1 Å². The standard InChI is InChI=1S/C25H26ClFN6O.C25H27ClFN5.C24H24ClFN6O2.C24H24ClFN6O/c26-21-15-20(9-10-22(21)27)31-24-16-23(28-17-29-24)30-18-6-4-7-19(14-18)32-25(34)8-5-13-33-11-2-1-3-12-33;1-17(2)32(18(3)4)12-6-8-19-7-5-9-20(13-19)30-24-15-25(29-16-28-24)31-21-10-11-23(27)22(26)14-21;25-20-14-19(6-7-21(20)26)30-23-15-22(27-16-28-23)29-17-3-1-4-18(13-17)31-24(33)5-2-8-32-9-11-34-12-10-32;25-20-14-19(8-9-21(20)26)30-23-15-22(27-16-28-23)29-17-5-3-6-18(13-17)31-24(33)7-4-12-32-10-1-2-11-32/h4-10,14-17H,1-3,11-13H2,(H,32,34)(H2,28,29,30,31);5,7,9-11,13-18H,12H2,1-4H3,(H2,28,29,30,31);1-7,13-16H,8-12H2,(H,31,33)(H2,27,28,29,30);3-9,13-16H,1-2,10-12H2,(H,31,33)(H2,27,28,29,30)/b8-5+;;5-2+;7-4+. The van der Waals surface area contributed by atoms with Crippen LogP contribution >= 0.6 is 46.4 Å². The molecule has 12 aromatic rings. The minimum Gasteiger partial charge on any atom is -0.379 e. The minimum absolute atomic E-state index is 0.0206. The fourth-order valence-corrected chi connectivity index (χ4v) is 14.4. The lowest BCUT2D eigenvalue weighted by atomic mass is 10.1. The molecule has 0 spiro atoms. The molecular formula is C98H101Cl4F4N23O4. The molecule has 15 rings (SSSR count). The fourth-order valence-electron chi connectivity index (χ4n) is 13.7. The molecule has 0 unspecified atom stereocenters. The molecule has 0 saturated carbocycles. The Morgan fingerprint density at radius 2 is 0.617 bits per heavy atom. The first-order valence-electron chi connectivity index (χ1n) is 43.0. The zero-order chi connectivity index (χ0) is 93.6. The lowest BCUT2D eigenvalue weighted by molar-refractivity contribution is -0.112. The van der Waals surface area contributed by atoms with E-state index in [1.807, 2.05) is 115 Å². The number of piperidine rings is 1. The molecule has 0 radical (unpaired) electrons. The van der Waals surface area contributed by atoms with Gasteiger partial charge in [0.1, 0.15) is 95.1 Å². The summed E-state index contributed by atoms with van der Waals surface area (Å²) in [4.78, 5) is 79.7. The summed E-state index contributed by atoms with van der Waals surface area (Å²) in [5.41, 5.74) is 8.49. The van der Waals surface area contributed by atoms with Crippen LogP contribution in [-0.4, -0.2) is 168 Å². The number of hydrogen-bond donors (Lipinski definition) is 11. The third kappa shape index (κ3) is 33.9. The number of carbonyl (C=O) groups excluding carboxylic acids is 3. The predicted molar refractivity (Wildman–Crippen MR) is 526 cm³/mol. The van der Waals surface area contributed by atoms with E-state index in [0.29, 0.717) is 105 Å². The lowest BCUT2D eigenvalue weighted by Gasteiger charge is -2.28. The molecule has 7 heterocycles. The average Bonchev–Trinajstić information content (AvgIpc) is 1.72. The second-order valence-electron chi connectivity index (χ2n) is 31.1. The van der Waals surface area contributed by atoms with Gasteiger partial charge in [0.15, 0.2) is 0 Å². The van der Waals surface area contributed by atoms with E-state index in [1.54, 1.807) is 66.8 Å². The number of benzene rings is 8. The van der Waals surface area contributed by atoms with E-state index in [-0.39, 0.29) is 37.8 Å². The number of likely N-dealkylation sites (tertiary alicyclic amines) is 2. The number of halogens is 8. The zero-order valence-corrected chi connectivity index (χ0v) is 76.5. The highest BCUT2D eigenvalue weighted by Crippen LogP contribution is 2.31. The van der Waals surface area contributed by atoms with Crippen molar-refractivity contribution in [1.82, 2.24) is 59.5 Å². The maximum atomic E-state index is 13.4. The minimum atomic E-state index is -0.489. The number of ether oxygens (including phenoxy) is 1. The summed E-state index contributed by atoms with van der Waals surface area (Å²) in [6.45, 7) is 19.3. The second kappa shape index (κ2) is 51.2. The largest absolute Gasteiger partial charge is 0.379 e. The first kappa shape index (κ1) is 98.4. The van der Waals surface area contributed by atoms with Crippen LogP contribution in [0.15, 0.2) is 256 Å². The highest BCUT2D eigenvalue weighted by Gasteiger charge is 2.17.